The minimum atomic E-state index is -2.00. The van der Waals surface area contributed by atoms with Gasteiger partial charge in [-0.15, -0.1) is 0 Å². The Morgan fingerprint density at radius 2 is 2.00 bits per heavy atom. The second-order valence-corrected chi connectivity index (χ2v) is 6.51. The Kier molecular flexibility index (Phi) is 4.23. The smallest absolute Gasteiger partial charge is 0.104 e. The van der Waals surface area contributed by atoms with E-state index in [0.717, 1.165) is 19.6 Å². The topological polar surface area (TPSA) is 26.3 Å². The molecular weight excluding hydrogens is 174 g/mol. The molecule has 0 aromatic rings. The number of rotatable bonds is 5. The Hall–Kier alpha value is -0.0600. The van der Waals surface area contributed by atoms with Gasteiger partial charge in [-0.25, -0.2) is 4.21 Å². The quantitative estimate of drug-likeness (QED) is 0.359. The van der Waals surface area contributed by atoms with Crippen molar-refractivity contribution in [2.24, 2.45) is 0 Å². The first kappa shape index (κ1) is 11.9. The highest BCUT2D eigenvalue weighted by atomic mass is 32.2. The van der Waals surface area contributed by atoms with Crippen LogP contribution in [0.5, 0.6) is 0 Å². The molecule has 0 amide bonds. The third-order valence-corrected chi connectivity index (χ3v) is 4.36. The lowest BCUT2D eigenvalue weighted by Crippen LogP contribution is -2.45. The van der Waals surface area contributed by atoms with Crippen molar-refractivity contribution >= 4 is 15.6 Å². The highest BCUT2D eigenvalue weighted by Crippen LogP contribution is 2.06. The minimum absolute atomic E-state index is 0.469. The molecule has 0 aliphatic heterocycles. The lowest BCUT2D eigenvalue weighted by Gasteiger charge is -2.30. The summed E-state index contributed by atoms with van der Waals surface area (Å²) in [6.45, 7) is 1.56. The largest absolute Gasteiger partial charge is 0.384 e. The Bertz CT molecular complexity index is 219. The van der Waals surface area contributed by atoms with Crippen molar-refractivity contribution in [3.05, 3.63) is 0 Å². The van der Waals surface area contributed by atoms with Crippen LogP contribution in [0.3, 0.4) is 0 Å². The van der Waals surface area contributed by atoms with Crippen LogP contribution < -0.4 is 0 Å². The summed E-state index contributed by atoms with van der Waals surface area (Å²) in [4.78, 5) is 0. The van der Waals surface area contributed by atoms with Crippen LogP contribution in [-0.4, -0.2) is 54.6 Å². The van der Waals surface area contributed by atoms with Crippen molar-refractivity contribution in [3.8, 4) is 0 Å². The predicted octanol–water partition coefficient (Wildman–Crippen LogP) is 0.361. The normalized spacial score (nSPS) is 17.3. The van der Waals surface area contributed by atoms with Crippen molar-refractivity contribution < 1.29 is 12.8 Å². The molecule has 0 rings (SSSR count). The zero-order valence-corrected chi connectivity index (χ0v) is 9.32. The first-order valence-corrected chi connectivity index (χ1v) is 6.05. The van der Waals surface area contributed by atoms with Crippen LogP contribution in [0.15, 0.2) is 0 Å². The lowest BCUT2D eigenvalue weighted by molar-refractivity contribution is -0.759. The molecule has 0 aliphatic carbocycles. The number of nitrogens with zero attached hydrogens (tertiary/aromatic N) is 1. The minimum Gasteiger partial charge on any atom is -0.384 e. The van der Waals surface area contributed by atoms with Gasteiger partial charge in [-0.2, -0.15) is 0 Å². The van der Waals surface area contributed by atoms with E-state index in [-0.39, 0.29) is 0 Å². The van der Waals surface area contributed by atoms with Gasteiger partial charge in [0.2, 0.25) is 0 Å². The molecule has 0 fully saturated rings. The Balaban J connectivity index is 4.06. The number of hydrogen-bond acceptors (Lipinski definition) is 2. The van der Waals surface area contributed by atoms with Crippen molar-refractivity contribution in [1.82, 2.24) is 0 Å². The Labute approximate surface area is 76.1 Å². The SMILES string of the molecule is C=S(C)(=O)[N+](C)(C)CCCOC. The lowest BCUT2D eigenvalue weighted by atomic mass is 10.4. The van der Waals surface area contributed by atoms with Crippen LogP contribution in [-0.2, 0) is 14.4 Å². The predicted molar refractivity (Wildman–Crippen MR) is 54.7 cm³/mol. The highest BCUT2D eigenvalue weighted by Gasteiger charge is 2.21. The van der Waals surface area contributed by atoms with Crippen LogP contribution in [0.1, 0.15) is 6.42 Å². The molecule has 0 aromatic carbocycles. The average molecular weight is 194 g/mol. The maximum Gasteiger partial charge on any atom is 0.104 e. The second kappa shape index (κ2) is 4.25. The summed E-state index contributed by atoms with van der Waals surface area (Å²) >= 11 is 0. The fourth-order valence-electron chi connectivity index (χ4n) is 0.783. The van der Waals surface area contributed by atoms with Crippen molar-refractivity contribution in [2.45, 2.75) is 6.42 Å². The van der Waals surface area contributed by atoms with E-state index in [1.165, 1.54) is 0 Å². The fraction of sp³-hybridized carbons (Fsp3) is 0.875. The van der Waals surface area contributed by atoms with Crippen molar-refractivity contribution in [1.29, 1.82) is 0 Å². The number of methoxy groups -OCH3 is 1. The summed E-state index contributed by atoms with van der Waals surface area (Å²) in [6, 6.07) is 0. The molecule has 74 valence electrons. The summed E-state index contributed by atoms with van der Waals surface area (Å²) < 4.78 is 17.0. The fourth-order valence-corrected chi connectivity index (χ4v) is 1.30. The van der Waals surface area contributed by atoms with Crippen LogP contribution in [0.25, 0.3) is 0 Å². The van der Waals surface area contributed by atoms with Gasteiger partial charge in [-0.1, -0.05) is 0 Å². The molecule has 1 unspecified atom stereocenters. The molecule has 3 nitrogen and oxygen atoms in total. The van der Waals surface area contributed by atoms with E-state index in [2.05, 4.69) is 5.87 Å². The van der Waals surface area contributed by atoms with Gasteiger partial charge in [0, 0.05) is 19.4 Å². The molecule has 0 heterocycles. The van der Waals surface area contributed by atoms with E-state index in [1.807, 2.05) is 14.1 Å². The van der Waals surface area contributed by atoms with Gasteiger partial charge in [0.25, 0.3) is 0 Å². The van der Waals surface area contributed by atoms with Gasteiger partial charge in [-0.05, 0) is 0 Å². The molecule has 1 atom stereocenters. The second-order valence-electron chi connectivity index (χ2n) is 3.60. The monoisotopic (exact) mass is 194 g/mol. The van der Waals surface area contributed by atoms with Gasteiger partial charge in [0.15, 0.2) is 0 Å². The summed E-state index contributed by atoms with van der Waals surface area (Å²) in [6.07, 6.45) is 2.61. The van der Waals surface area contributed by atoms with Crippen LogP contribution in [0.2, 0.25) is 0 Å². The number of hydrogen-bond donors (Lipinski definition) is 0. The summed E-state index contributed by atoms with van der Waals surface area (Å²) in [7, 11) is 3.54. The molecule has 12 heavy (non-hydrogen) atoms. The van der Waals surface area contributed by atoms with Crippen molar-refractivity contribution in [3.63, 3.8) is 0 Å². The Morgan fingerprint density at radius 3 is 2.33 bits per heavy atom. The van der Waals surface area contributed by atoms with Gasteiger partial charge in [-0.3, -0.25) is 3.89 Å². The third kappa shape index (κ3) is 3.56. The molecule has 0 aliphatic rings. The van der Waals surface area contributed by atoms with Crippen molar-refractivity contribution in [2.75, 3.05) is 40.6 Å². The van der Waals surface area contributed by atoms with Gasteiger partial charge < -0.3 is 4.74 Å². The molecule has 0 N–H and O–H groups in total. The zero-order chi connectivity index (χ0) is 9.83. The van der Waals surface area contributed by atoms with E-state index in [4.69, 9.17) is 4.74 Å². The van der Waals surface area contributed by atoms with Crippen LogP contribution >= 0.6 is 0 Å². The molecule has 0 bridgehead atoms. The van der Waals surface area contributed by atoms with E-state index in [1.54, 1.807) is 13.4 Å². The van der Waals surface area contributed by atoms with Gasteiger partial charge in [0.05, 0.1) is 33.5 Å². The molecule has 0 saturated carbocycles. The van der Waals surface area contributed by atoms with Crippen LogP contribution in [0.4, 0.5) is 0 Å². The highest BCUT2D eigenvalue weighted by molar-refractivity contribution is 7.94. The molecular formula is C8H20NO2S+. The summed E-state index contributed by atoms with van der Waals surface area (Å²) in [5.74, 6) is 3.68. The zero-order valence-electron chi connectivity index (χ0n) is 8.50. The number of quaternary nitrogens is 1. The van der Waals surface area contributed by atoms with E-state index < -0.39 is 9.71 Å². The maximum atomic E-state index is 11.6. The van der Waals surface area contributed by atoms with E-state index >= 15 is 0 Å². The Morgan fingerprint density at radius 1 is 1.50 bits per heavy atom. The summed E-state index contributed by atoms with van der Waals surface area (Å²) in [5.41, 5.74) is 0. The molecule has 0 radical (unpaired) electrons. The molecule has 0 spiro atoms. The van der Waals surface area contributed by atoms with Crippen LogP contribution in [0, 0.1) is 0 Å². The molecule has 4 heteroatoms. The average Bonchev–Trinajstić information content (AvgIpc) is 1.85. The number of ether oxygens (including phenoxy) is 1. The molecule has 0 aromatic heterocycles. The standard InChI is InChI=1S/C8H20NO2S/c1-9(2,12(4,5)10)7-6-8-11-3/h4,6-8H2,1-3,5H3/q+1. The first-order chi connectivity index (χ1) is 5.31. The maximum absolute atomic E-state index is 11.6. The third-order valence-electron chi connectivity index (χ3n) is 2.09. The van der Waals surface area contributed by atoms with Gasteiger partial charge in [0.1, 0.15) is 9.71 Å². The van der Waals surface area contributed by atoms with Gasteiger partial charge >= 0.3 is 0 Å². The molecule has 0 saturated heterocycles. The van der Waals surface area contributed by atoms with E-state index in [0.29, 0.717) is 3.89 Å². The van der Waals surface area contributed by atoms with E-state index in [9.17, 15) is 4.21 Å². The first-order valence-electron chi connectivity index (χ1n) is 3.95. The summed E-state index contributed by atoms with van der Waals surface area (Å²) in [5, 5.41) is 0.